The Morgan fingerprint density at radius 2 is 1.96 bits per heavy atom. The minimum atomic E-state index is -0.0773. The molecule has 0 aliphatic carbocycles. The lowest BCUT2D eigenvalue weighted by molar-refractivity contribution is 0.0676. The third-order valence-electron chi connectivity index (χ3n) is 4.65. The van der Waals surface area contributed by atoms with Gasteiger partial charge in [-0.15, -0.1) is 0 Å². The molecule has 3 rings (SSSR count). The predicted molar refractivity (Wildman–Crippen MR) is 88.6 cm³/mol. The number of rotatable bonds is 3. The number of nitrogens with zero attached hydrogens (tertiary/aromatic N) is 5. The Kier molecular flexibility index (Phi) is 4.69. The maximum Gasteiger partial charge on any atom is 0.274 e. The van der Waals surface area contributed by atoms with Gasteiger partial charge in [0.05, 0.1) is 12.5 Å². The van der Waals surface area contributed by atoms with E-state index in [0.29, 0.717) is 36.8 Å². The van der Waals surface area contributed by atoms with E-state index in [1.54, 1.807) is 17.1 Å². The Labute approximate surface area is 140 Å². The summed E-state index contributed by atoms with van der Waals surface area (Å²) >= 11 is 0. The monoisotopic (exact) mass is 327 g/mol. The first-order chi connectivity index (χ1) is 11.6. The van der Waals surface area contributed by atoms with Crippen LogP contribution >= 0.6 is 0 Å². The molecule has 2 aromatic rings. The van der Waals surface area contributed by atoms with E-state index < -0.39 is 0 Å². The zero-order valence-electron chi connectivity index (χ0n) is 14.0. The van der Waals surface area contributed by atoms with E-state index in [4.69, 9.17) is 0 Å². The molecule has 1 fully saturated rings. The summed E-state index contributed by atoms with van der Waals surface area (Å²) in [6.45, 7) is 5.65. The molecular formula is C17H21N5O2. The summed E-state index contributed by atoms with van der Waals surface area (Å²) < 4.78 is 1.69. The minimum Gasteiger partial charge on any atom is -0.337 e. The van der Waals surface area contributed by atoms with Crippen molar-refractivity contribution in [2.45, 2.75) is 33.2 Å². The Morgan fingerprint density at radius 3 is 2.62 bits per heavy atom. The summed E-state index contributed by atoms with van der Waals surface area (Å²) in [5.74, 6) is 0.295. The summed E-state index contributed by atoms with van der Waals surface area (Å²) in [7, 11) is 0. The van der Waals surface area contributed by atoms with Gasteiger partial charge in [-0.3, -0.25) is 19.1 Å². The molecule has 3 heterocycles. The van der Waals surface area contributed by atoms with Gasteiger partial charge in [-0.05, 0) is 32.6 Å². The van der Waals surface area contributed by atoms with E-state index in [0.717, 1.165) is 18.5 Å². The first-order valence-corrected chi connectivity index (χ1v) is 8.14. The maximum absolute atomic E-state index is 12.4. The van der Waals surface area contributed by atoms with E-state index in [1.807, 2.05) is 18.7 Å². The molecular weight excluding hydrogens is 306 g/mol. The van der Waals surface area contributed by atoms with Gasteiger partial charge >= 0.3 is 0 Å². The molecule has 7 nitrogen and oxygen atoms in total. The molecule has 0 aromatic carbocycles. The fraction of sp³-hybridized carbons (Fsp3) is 0.471. The number of amides is 1. The van der Waals surface area contributed by atoms with Crippen LogP contribution in [0.5, 0.6) is 0 Å². The summed E-state index contributed by atoms with van der Waals surface area (Å²) in [6.07, 6.45) is 7.94. The lowest BCUT2D eigenvalue weighted by Gasteiger charge is -2.32. The van der Waals surface area contributed by atoms with Crippen molar-refractivity contribution in [3.8, 4) is 0 Å². The normalized spacial score (nSPS) is 15.5. The number of aryl methyl sites for hydroxylation is 1. The van der Waals surface area contributed by atoms with Crippen LogP contribution in [0.3, 0.4) is 0 Å². The lowest BCUT2D eigenvalue weighted by atomic mass is 9.96. The van der Waals surface area contributed by atoms with Crippen molar-refractivity contribution in [3.63, 3.8) is 0 Å². The van der Waals surface area contributed by atoms with Crippen molar-refractivity contribution < 1.29 is 4.79 Å². The number of likely N-dealkylation sites (tertiary alicyclic amines) is 1. The van der Waals surface area contributed by atoms with Crippen LogP contribution in [0.4, 0.5) is 0 Å². The number of carbonyl (C=O) groups excluding carboxylic acids is 1. The van der Waals surface area contributed by atoms with Crippen LogP contribution in [0, 0.1) is 19.8 Å². The van der Waals surface area contributed by atoms with Crippen LogP contribution in [-0.4, -0.2) is 43.4 Å². The van der Waals surface area contributed by atoms with Crippen molar-refractivity contribution in [2.24, 2.45) is 5.92 Å². The molecule has 24 heavy (non-hydrogen) atoms. The first kappa shape index (κ1) is 16.3. The van der Waals surface area contributed by atoms with Gasteiger partial charge in [-0.25, -0.2) is 9.97 Å². The highest BCUT2D eigenvalue weighted by Gasteiger charge is 2.25. The Morgan fingerprint density at radius 1 is 1.21 bits per heavy atom. The van der Waals surface area contributed by atoms with Crippen LogP contribution in [0.1, 0.15) is 34.6 Å². The predicted octanol–water partition coefficient (Wildman–Crippen LogP) is 1.20. The molecule has 126 valence electrons. The van der Waals surface area contributed by atoms with Crippen molar-refractivity contribution in [2.75, 3.05) is 13.1 Å². The van der Waals surface area contributed by atoms with Crippen molar-refractivity contribution in [1.82, 2.24) is 24.4 Å². The smallest absolute Gasteiger partial charge is 0.274 e. The third kappa shape index (κ3) is 3.34. The van der Waals surface area contributed by atoms with Crippen molar-refractivity contribution >= 4 is 5.91 Å². The lowest BCUT2D eigenvalue weighted by Crippen LogP contribution is -2.40. The Balaban J connectivity index is 1.61. The van der Waals surface area contributed by atoms with E-state index >= 15 is 0 Å². The molecule has 0 N–H and O–H groups in total. The molecule has 1 amide bonds. The molecule has 1 aliphatic heterocycles. The highest BCUT2D eigenvalue weighted by Crippen LogP contribution is 2.19. The first-order valence-electron chi connectivity index (χ1n) is 8.14. The summed E-state index contributed by atoms with van der Waals surface area (Å²) in [4.78, 5) is 38.7. The van der Waals surface area contributed by atoms with Gasteiger partial charge in [0.1, 0.15) is 5.69 Å². The second-order valence-corrected chi connectivity index (χ2v) is 6.24. The summed E-state index contributed by atoms with van der Waals surface area (Å²) in [6, 6.07) is 0. The second-order valence-electron chi connectivity index (χ2n) is 6.24. The number of hydrogen-bond donors (Lipinski definition) is 0. The minimum absolute atomic E-state index is 0.0283. The molecule has 2 aromatic heterocycles. The van der Waals surface area contributed by atoms with E-state index in [-0.39, 0.29) is 11.5 Å². The molecule has 1 aliphatic rings. The van der Waals surface area contributed by atoms with E-state index in [9.17, 15) is 9.59 Å². The van der Waals surface area contributed by atoms with Crippen molar-refractivity contribution in [3.05, 3.63) is 52.2 Å². The number of piperidine rings is 1. The average molecular weight is 327 g/mol. The van der Waals surface area contributed by atoms with Crippen LogP contribution in [0.2, 0.25) is 0 Å². The Hall–Kier alpha value is -2.57. The molecule has 0 atom stereocenters. The summed E-state index contributed by atoms with van der Waals surface area (Å²) in [5.41, 5.74) is 1.89. The standard InChI is InChI=1S/C17H21N5O2/c1-12-13(2)20-11-22(16(12)23)10-14-3-7-21(8-4-14)17(24)15-9-18-5-6-19-15/h5-6,9,11,14H,3-4,7-8,10H2,1-2H3. The molecule has 0 bridgehead atoms. The molecule has 7 heteroatoms. The molecule has 0 unspecified atom stereocenters. The van der Waals surface area contributed by atoms with Gasteiger partial charge in [-0.1, -0.05) is 0 Å². The highest BCUT2D eigenvalue weighted by molar-refractivity contribution is 5.91. The molecule has 0 saturated carbocycles. The van der Waals surface area contributed by atoms with Gasteiger partial charge in [0, 0.05) is 43.3 Å². The number of hydrogen-bond acceptors (Lipinski definition) is 5. The van der Waals surface area contributed by atoms with Gasteiger partial charge < -0.3 is 4.90 Å². The van der Waals surface area contributed by atoms with Gasteiger partial charge in [0.2, 0.25) is 0 Å². The average Bonchev–Trinajstić information content (AvgIpc) is 2.63. The molecule has 0 radical (unpaired) electrons. The maximum atomic E-state index is 12.4. The van der Waals surface area contributed by atoms with Gasteiger partial charge in [0.25, 0.3) is 11.5 Å². The Bertz CT molecular complexity index is 779. The summed E-state index contributed by atoms with van der Waals surface area (Å²) in [5, 5.41) is 0. The number of aromatic nitrogens is 4. The van der Waals surface area contributed by atoms with Crippen LogP contribution in [0.15, 0.2) is 29.7 Å². The van der Waals surface area contributed by atoms with Crippen molar-refractivity contribution in [1.29, 1.82) is 0 Å². The quantitative estimate of drug-likeness (QED) is 0.846. The third-order valence-corrected chi connectivity index (χ3v) is 4.65. The van der Waals surface area contributed by atoms with Gasteiger partial charge in [0.15, 0.2) is 0 Å². The van der Waals surface area contributed by atoms with Crippen LogP contribution in [0.25, 0.3) is 0 Å². The largest absolute Gasteiger partial charge is 0.337 e. The fourth-order valence-electron chi connectivity index (χ4n) is 2.97. The van der Waals surface area contributed by atoms with Gasteiger partial charge in [-0.2, -0.15) is 0 Å². The zero-order chi connectivity index (χ0) is 17.1. The molecule has 1 saturated heterocycles. The van der Waals surface area contributed by atoms with Crippen LogP contribution in [-0.2, 0) is 6.54 Å². The topological polar surface area (TPSA) is 81.0 Å². The van der Waals surface area contributed by atoms with E-state index in [2.05, 4.69) is 15.0 Å². The SMILES string of the molecule is Cc1ncn(CC2CCN(C(=O)c3cnccn3)CC2)c(=O)c1C. The van der Waals surface area contributed by atoms with E-state index in [1.165, 1.54) is 12.4 Å². The van der Waals surface area contributed by atoms with Crippen LogP contribution < -0.4 is 5.56 Å². The number of carbonyl (C=O) groups is 1. The second kappa shape index (κ2) is 6.90. The fourth-order valence-corrected chi connectivity index (χ4v) is 2.97. The highest BCUT2D eigenvalue weighted by atomic mass is 16.2. The molecule has 0 spiro atoms. The zero-order valence-corrected chi connectivity index (χ0v) is 14.0.